The molecular weight excluding hydrogens is 234 g/mol. The molecule has 2 atom stereocenters. The van der Waals surface area contributed by atoms with E-state index in [2.05, 4.69) is 34.2 Å². The summed E-state index contributed by atoms with van der Waals surface area (Å²) < 4.78 is 0. The lowest BCUT2D eigenvalue weighted by Crippen LogP contribution is -2.19. The molecule has 0 spiro atoms. The maximum absolute atomic E-state index is 6.26. The maximum Gasteiger partial charge on any atom is 0.144 e. The summed E-state index contributed by atoms with van der Waals surface area (Å²) in [6.45, 7) is 0. The lowest BCUT2D eigenvalue weighted by molar-refractivity contribution is 0.465. The van der Waals surface area contributed by atoms with E-state index in [9.17, 15) is 0 Å². The number of aryl methyl sites for hydroxylation is 1. The number of nitrogens with zero attached hydrogens (tertiary/aromatic N) is 2. The van der Waals surface area contributed by atoms with Crippen LogP contribution >= 0.6 is 0 Å². The molecule has 3 rings (SSSR count). The van der Waals surface area contributed by atoms with Gasteiger partial charge >= 0.3 is 0 Å². The first-order valence-corrected chi connectivity index (χ1v) is 6.95. The summed E-state index contributed by atoms with van der Waals surface area (Å²) in [7, 11) is 0. The molecule has 0 bridgehead atoms. The van der Waals surface area contributed by atoms with E-state index in [1.165, 1.54) is 30.4 Å². The number of hydrogen-bond acceptors (Lipinski definition) is 3. The molecule has 0 saturated carbocycles. The highest BCUT2D eigenvalue weighted by Crippen LogP contribution is 2.36. The Morgan fingerprint density at radius 2 is 1.95 bits per heavy atom. The number of hydrogen-bond donors (Lipinski definition) is 1. The van der Waals surface area contributed by atoms with Gasteiger partial charge in [-0.05, 0) is 48.8 Å². The molecule has 3 nitrogen and oxygen atoms in total. The minimum Gasteiger partial charge on any atom is -0.321 e. The lowest BCUT2D eigenvalue weighted by Gasteiger charge is -2.27. The van der Waals surface area contributed by atoms with Crippen LogP contribution in [0.5, 0.6) is 0 Å². The molecule has 0 amide bonds. The monoisotopic (exact) mass is 253 g/mol. The Labute approximate surface area is 113 Å². The van der Waals surface area contributed by atoms with Crippen LogP contribution in [-0.4, -0.2) is 9.97 Å². The summed E-state index contributed by atoms with van der Waals surface area (Å²) in [4.78, 5) is 8.53. The van der Waals surface area contributed by atoms with Gasteiger partial charge in [0.25, 0.3) is 0 Å². The van der Waals surface area contributed by atoms with Crippen molar-refractivity contribution in [2.45, 2.75) is 37.6 Å². The Bertz CT molecular complexity index is 539. The standard InChI is InChI=1S/C16H19N3/c17-15(16-18-9-4-10-19-16)11-13-7-3-6-12-5-1-2-8-14(12)13/h1-2,4-5,8-10,13,15H,3,6-7,11,17H2. The van der Waals surface area contributed by atoms with E-state index >= 15 is 0 Å². The van der Waals surface area contributed by atoms with Gasteiger partial charge in [0.05, 0.1) is 6.04 Å². The average molecular weight is 253 g/mol. The molecule has 1 aliphatic rings. The molecule has 1 aliphatic carbocycles. The molecule has 2 aromatic rings. The minimum absolute atomic E-state index is 0.0719. The zero-order chi connectivity index (χ0) is 13.1. The van der Waals surface area contributed by atoms with Crippen LogP contribution in [0.25, 0.3) is 0 Å². The molecule has 0 fully saturated rings. The summed E-state index contributed by atoms with van der Waals surface area (Å²) in [5.41, 5.74) is 9.22. The van der Waals surface area contributed by atoms with Gasteiger partial charge in [-0.2, -0.15) is 0 Å². The van der Waals surface area contributed by atoms with Crippen molar-refractivity contribution in [1.82, 2.24) is 9.97 Å². The van der Waals surface area contributed by atoms with Gasteiger partial charge in [-0.3, -0.25) is 0 Å². The van der Waals surface area contributed by atoms with Crippen LogP contribution in [0, 0.1) is 0 Å². The van der Waals surface area contributed by atoms with E-state index in [0.29, 0.717) is 5.92 Å². The van der Waals surface area contributed by atoms with Crippen LogP contribution < -0.4 is 5.73 Å². The van der Waals surface area contributed by atoms with Crippen molar-refractivity contribution in [3.63, 3.8) is 0 Å². The van der Waals surface area contributed by atoms with E-state index < -0.39 is 0 Å². The summed E-state index contributed by atoms with van der Waals surface area (Å²) in [6, 6.07) is 10.5. The second-order valence-corrected chi connectivity index (χ2v) is 5.24. The van der Waals surface area contributed by atoms with E-state index in [-0.39, 0.29) is 6.04 Å². The highest BCUT2D eigenvalue weighted by molar-refractivity contribution is 5.32. The Morgan fingerprint density at radius 3 is 2.79 bits per heavy atom. The molecule has 3 heteroatoms. The van der Waals surface area contributed by atoms with Crippen LogP contribution in [-0.2, 0) is 6.42 Å². The van der Waals surface area contributed by atoms with Crippen LogP contribution in [0.2, 0.25) is 0 Å². The zero-order valence-corrected chi connectivity index (χ0v) is 11.0. The van der Waals surface area contributed by atoms with Gasteiger partial charge < -0.3 is 5.73 Å². The van der Waals surface area contributed by atoms with Gasteiger partial charge in [-0.15, -0.1) is 0 Å². The van der Waals surface area contributed by atoms with E-state index in [0.717, 1.165) is 12.2 Å². The third kappa shape index (κ3) is 2.66. The number of rotatable bonds is 3. The summed E-state index contributed by atoms with van der Waals surface area (Å²) in [6.07, 6.45) is 8.13. The summed E-state index contributed by atoms with van der Waals surface area (Å²) in [5, 5.41) is 0. The fraction of sp³-hybridized carbons (Fsp3) is 0.375. The van der Waals surface area contributed by atoms with E-state index in [4.69, 9.17) is 5.73 Å². The van der Waals surface area contributed by atoms with Gasteiger partial charge in [-0.1, -0.05) is 24.3 Å². The van der Waals surface area contributed by atoms with Crippen molar-refractivity contribution in [2.24, 2.45) is 5.73 Å². The third-order valence-corrected chi connectivity index (χ3v) is 3.95. The fourth-order valence-corrected chi connectivity index (χ4v) is 3.01. The van der Waals surface area contributed by atoms with Gasteiger partial charge in [0, 0.05) is 12.4 Å². The second-order valence-electron chi connectivity index (χ2n) is 5.24. The van der Waals surface area contributed by atoms with Gasteiger partial charge in [0.1, 0.15) is 5.82 Å². The fourth-order valence-electron chi connectivity index (χ4n) is 3.01. The van der Waals surface area contributed by atoms with Crippen LogP contribution in [0.15, 0.2) is 42.7 Å². The third-order valence-electron chi connectivity index (χ3n) is 3.95. The van der Waals surface area contributed by atoms with Crippen molar-refractivity contribution in [1.29, 1.82) is 0 Å². The zero-order valence-electron chi connectivity index (χ0n) is 11.0. The first kappa shape index (κ1) is 12.3. The quantitative estimate of drug-likeness (QED) is 0.915. The molecule has 98 valence electrons. The van der Waals surface area contributed by atoms with Gasteiger partial charge in [0.2, 0.25) is 0 Å². The number of aromatic nitrogens is 2. The SMILES string of the molecule is NC(CC1CCCc2ccccc21)c1ncccn1. The highest BCUT2D eigenvalue weighted by Gasteiger charge is 2.23. The van der Waals surface area contributed by atoms with Crippen molar-refractivity contribution in [2.75, 3.05) is 0 Å². The molecule has 1 heterocycles. The largest absolute Gasteiger partial charge is 0.321 e. The van der Waals surface area contributed by atoms with E-state index in [1.807, 2.05) is 6.07 Å². The van der Waals surface area contributed by atoms with Crippen LogP contribution in [0.3, 0.4) is 0 Å². The molecule has 2 unspecified atom stereocenters. The molecule has 1 aromatic carbocycles. The minimum atomic E-state index is -0.0719. The number of nitrogens with two attached hydrogens (primary N) is 1. The summed E-state index contributed by atoms with van der Waals surface area (Å²) >= 11 is 0. The van der Waals surface area contributed by atoms with Crippen LogP contribution in [0.1, 0.15) is 48.2 Å². The molecule has 19 heavy (non-hydrogen) atoms. The van der Waals surface area contributed by atoms with Crippen LogP contribution in [0.4, 0.5) is 0 Å². The summed E-state index contributed by atoms with van der Waals surface area (Å²) in [5.74, 6) is 1.30. The first-order valence-electron chi connectivity index (χ1n) is 6.95. The highest BCUT2D eigenvalue weighted by atomic mass is 14.9. The molecule has 2 N–H and O–H groups in total. The molecule has 0 saturated heterocycles. The Morgan fingerprint density at radius 1 is 1.16 bits per heavy atom. The Kier molecular flexibility index (Phi) is 3.56. The molecular formula is C16H19N3. The molecule has 0 aliphatic heterocycles. The van der Waals surface area contributed by atoms with Gasteiger partial charge in [-0.25, -0.2) is 9.97 Å². The van der Waals surface area contributed by atoms with E-state index in [1.54, 1.807) is 12.4 Å². The first-order chi connectivity index (χ1) is 9.34. The number of fused-ring (bicyclic) bond motifs is 1. The predicted octanol–water partition coefficient (Wildman–Crippen LogP) is 2.99. The van der Waals surface area contributed by atoms with Crippen molar-refractivity contribution in [3.05, 3.63) is 59.7 Å². The topological polar surface area (TPSA) is 51.8 Å². The lowest BCUT2D eigenvalue weighted by atomic mass is 9.79. The van der Waals surface area contributed by atoms with Gasteiger partial charge in [0.15, 0.2) is 0 Å². The maximum atomic E-state index is 6.26. The average Bonchev–Trinajstić information content (AvgIpc) is 2.48. The normalized spacial score (nSPS) is 19.7. The molecule has 1 aromatic heterocycles. The molecule has 0 radical (unpaired) electrons. The second kappa shape index (κ2) is 5.49. The smallest absolute Gasteiger partial charge is 0.144 e. The van der Waals surface area contributed by atoms with Crippen molar-refractivity contribution in [3.8, 4) is 0 Å². The van der Waals surface area contributed by atoms with Crippen molar-refractivity contribution < 1.29 is 0 Å². The number of benzene rings is 1. The Balaban J connectivity index is 1.78. The Hall–Kier alpha value is -1.74. The predicted molar refractivity (Wildman–Crippen MR) is 75.7 cm³/mol. The van der Waals surface area contributed by atoms with Crippen molar-refractivity contribution >= 4 is 0 Å².